The summed E-state index contributed by atoms with van der Waals surface area (Å²) in [5, 5.41) is 12.5. The number of benzene rings is 1. The van der Waals surface area contributed by atoms with E-state index in [1.807, 2.05) is 6.07 Å². The van der Waals surface area contributed by atoms with E-state index in [4.69, 9.17) is 11.7 Å². The van der Waals surface area contributed by atoms with Crippen LogP contribution < -0.4 is 4.74 Å². The van der Waals surface area contributed by atoms with Crippen molar-refractivity contribution in [3.63, 3.8) is 0 Å². The monoisotopic (exact) mass is 291 g/mol. The van der Waals surface area contributed by atoms with Gasteiger partial charge in [-0.05, 0) is 18.2 Å². The first-order chi connectivity index (χ1) is 9.93. The Labute approximate surface area is 118 Å². The third-order valence-corrected chi connectivity index (χ3v) is 2.55. The molecule has 1 heterocycles. The number of nitrogens with zero attached hydrogens (tertiary/aromatic N) is 3. The van der Waals surface area contributed by atoms with Crippen molar-refractivity contribution < 1.29 is 17.9 Å². The van der Waals surface area contributed by atoms with Crippen molar-refractivity contribution in [3.05, 3.63) is 36.2 Å². The summed E-state index contributed by atoms with van der Waals surface area (Å²) in [5.41, 5.74) is 0.945. The number of nitriles is 1. The van der Waals surface area contributed by atoms with Gasteiger partial charge in [-0.1, -0.05) is 5.92 Å². The molecule has 0 aliphatic heterocycles. The van der Waals surface area contributed by atoms with Crippen molar-refractivity contribution in [3.8, 4) is 35.3 Å². The molecular formula is C14H8F3N3O. The van der Waals surface area contributed by atoms with Gasteiger partial charge in [-0.25, -0.2) is 0 Å². The summed E-state index contributed by atoms with van der Waals surface area (Å²) in [6.45, 7) is -0.00963. The van der Waals surface area contributed by atoms with Crippen molar-refractivity contribution in [1.82, 2.24) is 9.78 Å². The molecule has 0 atom stereocenters. The van der Waals surface area contributed by atoms with Gasteiger partial charge in [0, 0.05) is 22.9 Å². The first-order valence-electron chi connectivity index (χ1n) is 5.69. The van der Waals surface area contributed by atoms with Crippen LogP contribution in [0.15, 0.2) is 30.6 Å². The van der Waals surface area contributed by atoms with Crippen LogP contribution in [0.4, 0.5) is 13.2 Å². The minimum Gasteiger partial charge on any atom is -0.405 e. The van der Waals surface area contributed by atoms with Crippen LogP contribution in [0.2, 0.25) is 0 Å². The van der Waals surface area contributed by atoms with E-state index in [9.17, 15) is 13.2 Å². The van der Waals surface area contributed by atoms with E-state index in [-0.39, 0.29) is 17.9 Å². The van der Waals surface area contributed by atoms with Crippen LogP contribution in [0.5, 0.6) is 5.75 Å². The van der Waals surface area contributed by atoms with Gasteiger partial charge in [0.15, 0.2) is 0 Å². The van der Waals surface area contributed by atoms with E-state index >= 15 is 0 Å². The number of rotatable bonds is 3. The first-order valence-corrected chi connectivity index (χ1v) is 5.69. The lowest BCUT2D eigenvalue weighted by molar-refractivity contribution is -0.274. The smallest absolute Gasteiger partial charge is 0.405 e. The summed E-state index contributed by atoms with van der Waals surface area (Å²) in [6, 6.07) is 5.78. The van der Waals surface area contributed by atoms with Crippen molar-refractivity contribution in [2.75, 3.05) is 0 Å². The van der Waals surface area contributed by atoms with Gasteiger partial charge in [0.25, 0.3) is 0 Å². The van der Waals surface area contributed by atoms with Crippen LogP contribution in [-0.2, 0) is 6.54 Å². The minimum atomic E-state index is -4.81. The maximum absolute atomic E-state index is 12.4. The molecule has 0 spiro atoms. The van der Waals surface area contributed by atoms with Gasteiger partial charge < -0.3 is 4.74 Å². The summed E-state index contributed by atoms with van der Waals surface area (Å²) < 4.78 is 42.5. The second-order valence-electron chi connectivity index (χ2n) is 3.99. The highest BCUT2D eigenvalue weighted by molar-refractivity contribution is 5.71. The topological polar surface area (TPSA) is 50.8 Å². The Morgan fingerprint density at radius 3 is 2.76 bits per heavy atom. The Kier molecular flexibility index (Phi) is 3.86. The maximum atomic E-state index is 12.4. The zero-order valence-corrected chi connectivity index (χ0v) is 10.6. The van der Waals surface area contributed by atoms with Crippen LogP contribution in [0.25, 0.3) is 11.1 Å². The molecule has 0 fully saturated rings. The molecule has 1 aromatic carbocycles. The van der Waals surface area contributed by atoms with Crippen LogP contribution in [-0.4, -0.2) is 16.1 Å². The van der Waals surface area contributed by atoms with Crippen molar-refractivity contribution >= 4 is 0 Å². The summed E-state index contributed by atoms with van der Waals surface area (Å²) in [4.78, 5) is 0. The molecule has 0 aliphatic carbocycles. The standard InChI is InChI=1S/C14H8F3N3O/c1-2-10-3-4-13(21-14(15,16)17)12(7-10)11-8-19-20(9-11)6-5-18/h1,3-4,7-9H,6H2. The molecule has 1 aromatic heterocycles. The Bertz CT molecular complexity index is 735. The summed E-state index contributed by atoms with van der Waals surface area (Å²) in [6.07, 6.45) is 3.23. The Morgan fingerprint density at radius 1 is 1.38 bits per heavy atom. The molecule has 0 radical (unpaired) electrons. The number of halogens is 3. The highest BCUT2D eigenvalue weighted by Crippen LogP contribution is 2.34. The molecule has 2 rings (SSSR count). The average molecular weight is 291 g/mol. The van der Waals surface area contributed by atoms with E-state index in [2.05, 4.69) is 15.8 Å². The van der Waals surface area contributed by atoms with Gasteiger partial charge >= 0.3 is 6.36 Å². The number of aromatic nitrogens is 2. The molecule has 4 nitrogen and oxygen atoms in total. The van der Waals surface area contributed by atoms with Crippen molar-refractivity contribution in [1.29, 1.82) is 5.26 Å². The average Bonchev–Trinajstić information content (AvgIpc) is 2.86. The summed E-state index contributed by atoms with van der Waals surface area (Å²) in [5.74, 6) is 1.97. The van der Waals surface area contributed by atoms with E-state index in [0.717, 1.165) is 6.07 Å². The molecule has 0 bridgehead atoms. The van der Waals surface area contributed by atoms with Crippen molar-refractivity contribution in [2.24, 2.45) is 0 Å². The van der Waals surface area contributed by atoms with E-state index in [1.165, 1.54) is 29.2 Å². The fourth-order valence-corrected chi connectivity index (χ4v) is 1.72. The number of hydrogen-bond donors (Lipinski definition) is 0. The second-order valence-corrected chi connectivity index (χ2v) is 3.99. The second kappa shape index (κ2) is 5.59. The molecule has 0 saturated carbocycles. The van der Waals surface area contributed by atoms with Gasteiger partial charge in [0.2, 0.25) is 0 Å². The van der Waals surface area contributed by atoms with Gasteiger partial charge in [0.05, 0.1) is 12.3 Å². The van der Waals surface area contributed by atoms with Crippen LogP contribution in [0, 0.1) is 23.7 Å². The highest BCUT2D eigenvalue weighted by atomic mass is 19.4. The van der Waals surface area contributed by atoms with Crippen LogP contribution in [0.3, 0.4) is 0 Å². The Balaban J connectivity index is 2.48. The first kappa shape index (κ1) is 14.5. The number of terminal acetylenes is 1. The lowest BCUT2D eigenvalue weighted by Gasteiger charge is -2.12. The largest absolute Gasteiger partial charge is 0.573 e. The molecule has 0 amide bonds. The van der Waals surface area contributed by atoms with Gasteiger partial charge in [0.1, 0.15) is 12.3 Å². The van der Waals surface area contributed by atoms with Gasteiger partial charge in [-0.3, -0.25) is 4.68 Å². The predicted octanol–water partition coefficient (Wildman–Crippen LogP) is 2.95. The predicted molar refractivity (Wildman–Crippen MR) is 67.9 cm³/mol. The fraction of sp³-hybridized carbons (Fsp3) is 0.143. The summed E-state index contributed by atoms with van der Waals surface area (Å²) in [7, 11) is 0. The molecule has 21 heavy (non-hydrogen) atoms. The number of ether oxygens (including phenoxy) is 1. The number of hydrogen-bond acceptors (Lipinski definition) is 3. The third kappa shape index (κ3) is 3.54. The lowest BCUT2D eigenvalue weighted by atomic mass is 10.1. The molecule has 7 heteroatoms. The third-order valence-electron chi connectivity index (χ3n) is 2.55. The fourth-order valence-electron chi connectivity index (χ4n) is 1.72. The van der Waals surface area contributed by atoms with Gasteiger partial charge in [-0.15, -0.1) is 19.6 Å². The zero-order valence-electron chi connectivity index (χ0n) is 10.6. The highest BCUT2D eigenvalue weighted by Gasteiger charge is 2.32. The Hall–Kier alpha value is -2.93. The lowest BCUT2D eigenvalue weighted by Crippen LogP contribution is -2.17. The van der Waals surface area contributed by atoms with E-state index in [0.29, 0.717) is 11.1 Å². The molecule has 0 N–H and O–H groups in total. The Morgan fingerprint density at radius 2 is 2.14 bits per heavy atom. The normalized spacial score (nSPS) is 10.7. The van der Waals surface area contributed by atoms with E-state index in [1.54, 1.807) is 0 Å². The molecule has 0 saturated heterocycles. The van der Waals surface area contributed by atoms with Crippen LogP contribution in [0.1, 0.15) is 5.56 Å². The molecular weight excluding hydrogens is 283 g/mol. The molecule has 0 unspecified atom stereocenters. The molecule has 2 aromatic rings. The van der Waals surface area contributed by atoms with Gasteiger partial charge in [-0.2, -0.15) is 10.4 Å². The molecule has 106 valence electrons. The maximum Gasteiger partial charge on any atom is 0.573 e. The van der Waals surface area contributed by atoms with E-state index < -0.39 is 6.36 Å². The zero-order chi connectivity index (χ0) is 15.5. The quantitative estimate of drug-likeness (QED) is 0.817. The van der Waals surface area contributed by atoms with Crippen LogP contribution >= 0.6 is 0 Å². The minimum absolute atomic E-state index is 0.00963. The summed E-state index contributed by atoms with van der Waals surface area (Å²) >= 11 is 0. The SMILES string of the molecule is C#Cc1ccc(OC(F)(F)F)c(-c2cnn(CC#N)c2)c1. The number of alkyl halides is 3. The van der Waals surface area contributed by atoms with Crippen molar-refractivity contribution in [2.45, 2.75) is 12.9 Å². The molecule has 0 aliphatic rings.